The highest BCUT2D eigenvalue weighted by atomic mass is 19.1. The molecule has 3 heterocycles. The van der Waals surface area contributed by atoms with Crippen LogP contribution in [0.3, 0.4) is 0 Å². The van der Waals surface area contributed by atoms with Gasteiger partial charge < -0.3 is 24.6 Å². The molecule has 8 heteroatoms. The number of hydrogen-bond donors (Lipinski definition) is 2. The number of aromatic nitrogens is 2. The van der Waals surface area contributed by atoms with E-state index in [0.717, 1.165) is 39.3 Å². The number of amides is 2. The van der Waals surface area contributed by atoms with Gasteiger partial charge >= 0.3 is 6.03 Å². The van der Waals surface area contributed by atoms with E-state index in [1.807, 2.05) is 30.0 Å². The zero-order chi connectivity index (χ0) is 25.6. The Bertz CT molecular complexity index is 1460. The zero-order valence-corrected chi connectivity index (χ0v) is 20.7. The van der Waals surface area contributed by atoms with Crippen molar-refractivity contribution in [2.24, 2.45) is 0 Å². The third kappa shape index (κ3) is 4.53. The third-order valence-corrected chi connectivity index (χ3v) is 7.49. The molecule has 37 heavy (non-hydrogen) atoms. The molecule has 0 saturated carbocycles. The van der Waals surface area contributed by atoms with Gasteiger partial charge in [0, 0.05) is 18.7 Å². The number of likely N-dealkylation sites (tertiary alicyclic amines) is 1. The fourth-order valence-corrected chi connectivity index (χ4v) is 5.37. The van der Waals surface area contributed by atoms with Gasteiger partial charge in [0.2, 0.25) is 0 Å². The monoisotopic (exact) mass is 500 g/mol. The lowest BCUT2D eigenvalue weighted by Crippen LogP contribution is -2.50. The molecule has 1 fully saturated rings. The standard InChI is InChI=1S/C29H29FN4O3/c1-19-31-25-8-2-21(17-26(25)32-19)20-3-9-27-22(16-20)18-34(14-15-37-27)28(35)33-12-10-29(36,11-13-33)23-4-6-24(30)7-5-23/h2-9,16-17,36H,10-15,18H2,1H3,(H,31,32). The molecular formula is C29H29FN4O3. The van der Waals surface area contributed by atoms with Crippen LogP contribution < -0.4 is 4.74 Å². The van der Waals surface area contributed by atoms with Crippen molar-refractivity contribution in [3.05, 3.63) is 83.4 Å². The molecule has 0 spiro atoms. The summed E-state index contributed by atoms with van der Waals surface area (Å²) in [5.74, 6) is 1.34. The molecule has 6 rings (SSSR count). The number of carbonyl (C=O) groups is 1. The molecule has 2 N–H and O–H groups in total. The van der Waals surface area contributed by atoms with Crippen molar-refractivity contribution >= 4 is 17.1 Å². The first kappa shape index (κ1) is 23.5. The Hall–Kier alpha value is -3.91. The van der Waals surface area contributed by atoms with Gasteiger partial charge in [0.15, 0.2) is 0 Å². The van der Waals surface area contributed by atoms with Gasteiger partial charge in [-0.3, -0.25) is 0 Å². The molecule has 0 aliphatic carbocycles. The Morgan fingerprint density at radius 2 is 1.73 bits per heavy atom. The Morgan fingerprint density at radius 3 is 2.51 bits per heavy atom. The van der Waals surface area contributed by atoms with Crippen LogP contribution in [-0.2, 0) is 12.1 Å². The van der Waals surface area contributed by atoms with E-state index in [9.17, 15) is 14.3 Å². The summed E-state index contributed by atoms with van der Waals surface area (Å²) in [5.41, 5.74) is 4.64. The minimum atomic E-state index is -1.05. The quantitative estimate of drug-likeness (QED) is 0.407. The van der Waals surface area contributed by atoms with Crippen LogP contribution in [0.25, 0.3) is 22.2 Å². The fraction of sp³-hybridized carbons (Fsp3) is 0.310. The van der Waals surface area contributed by atoms with Gasteiger partial charge in [-0.25, -0.2) is 14.2 Å². The van der Waals surface area contributed by atoms with Gasteiger partial charge in [0.05, 0.1) is 29.7 Å². The molecule has 2 aliphatic heterocycles. The van der Waals surface area contributed by atoms with Gasteiger partial charge in [0.1, 0.15) is 24.0 Å². The summed E-state index contributed by atoms with van der Waals surface area (Å²) < 4.78 is 19.3. The van der Waals surface area contributed by atoms with Gasteiger partial charge in [-0.2, -0.15) is 0 Å². The first-order chi connectivity index (χ1) is 17.9. The average Bonchev–Trinajstić information content (AvgIpc) is 3.14. The zero-order valence-electron chi connectivity index (χ0n) is 20.7. The number of piperidine rings is 1. The highest BCUT2D eigenvalue weighted by Crippen LogP contribution is 2.34. The van der Waals surface area contributed by atoms with Crippen LogP contribution in [0.1, 0.15) is 29.8 Å². The molecule has 0 atom stereocenters. The highest BCUT2D eigenvalue weighted by Gasteiger charge is 2.37. The molecule has 0 unspecified atom stereocenters. The molecule has 0 radical (unpaired) electrons. The Kier molecular flexibility index (Phi) is 5.83. The van der Waals surface area contributed by atoms with Crippen LogP contribution in [0, 0.1) is 12.7 Å². The van der Waals surface area contributed by atoms with Crippen LogP contribution in [0.2, 0.25) is 0 Å². The van der Waals surface area contributed by atoms with Crippen molar-refractivity contribution in [1.29, 1.82) is 0 Å². The number of H-pyrrole nitrogens is 1. The number of halogens is 1. The van der Waals surface area contributed by atoms with Crippen LogP contribution in [0.4, 0.5) is 9.18 Å². The van der Waals surface area contributed by atoms with E-state index in [0.29, 0.717) is 51.2 Å². The van der Waals surface area contributed by atoms with Crippen LogP contribution in [0.15, 0.2) is 60.7 Å². The number of fused-ring (bicyclic) bond motifs is 2. The fourth-order valence-electron chi connectivity index (χ4n) is 5.37. The summed E-state index contributed by atoms with van der Waals surface area (Å²) in [7, 11) is 0. The van der Waals surface area contributed by atoms with Crippen molar-refractivity contribution < 1.29 is 19.0 Å². The second-order valence-corrected chi connectivity index (χ2v) is 9.95. The summed E-state index contributed by atoms with van der Waals surface area (Å²) in [6.07, 6.45) is 0.815. The van der Waals surface area contributed by atoms with Gasteiger partial charge in [-0.15, -0.1) is 0 Å². The summed E-state index contributed by atoms with van der Waals surface area (Å²) in [5, 5.41) is 11.1. The van der Waals surface area contributed by atoms with Crippen molar-refractivity contribution in [3.63, 3.8) is 0 Å². The van der Waals surface area contributed by atoms with E-state index < -0.39 is 5.60 Å². The van der Waals surface area contributed by atoms with Crippen LogP contribution in [-0.4, -0.2) is 57.1 Å². The average molecular weight is 501 g/mol. The van der Waals surface area contributed by atoms with Crippen molar-refractivity contribution in [2.75, 3.05) is 26.2 Å². The summed E-state index contributed by atoms with van der Waals surface area (Å²) in [6.45, 7) is 4.16. The first-order valence-electron chi connectivity index (χ1n) is 12.6. The number of imidazole rings is 1. The maximum absolute atomic E-state index is 13.5. The number of nitrogens with zero attached hydrogens (tertiary/aromatic N) is 3. The lowest BCUT2D eigenvalue weighted by molar-refractivity contribution is -0.0201. The molecule has 2 amide bonds. The molecule has 0 bridgehead atoms. The maximum atomic E-state index is 13.5. The number of rotatable bonds is 2. The van der Waals surface area contributed by atoms with E-state index in [1.54, 1.807) is 17.0 Å². The minimum Gasteiger partial charge on any atom is -0.491 e. The lowest BCUT2D eigenvalue weighted by atomic mass is 9.84. The second-order valence-electron chi connectivity index (χ2n) is 9.95. The van der Waals surface area contributed by atoms with Gasteiger partial charge in [-0.1, -0.05) is 24.3 Å². The Morgan fingerprint density at radius 1 is 1.00 bits per heavy atom. The summed E-state index contributed by atoms with van der Waals surface area (Å²) in [4.78, 5) is 24.8. The maximum Gasteiger partial charge on any atom is 0.320 e. The number of ether oxygens (including phenoxy) is 1. The smallest absolute Gasteiger partial charge is 0.320 e. The molecule has 1 saturated heterocycles. The van der Waals surface area contributed by atoms with E-state index in [-0.39, 0.29) is 11.8 Å². The molecular weight excluding hydrogens is 471 g/mol. The predicted molar refractivity (Wildman–Crippen MR) is 139 cm³/mol. The third-order valence-electron chi connectivity index (χ3n) is 7.49. The van der Waals surface area contributed by atoms with E-state index in [1.165, 1.54) is 12.1 Å². The number of aliphatic hydroxyl groups is 1. The normalized spacial score (nSPS) is 17.3. The summed E-state index contributed by atoms with van der Waals surface area (Å²) in [6, 6.07) is 18.2. The number of benzene rings is 3. The molecule has 190 valence electrons. The number of urea groups is 1. The lowest BCUT2D eigenvalue weighted by Gasteiger charge is -2.40. The molecule has 1 aromatic heterocycles. The van der Waals surface area contributed by atoms with Crippen molar-refractivity contribution in [2.45, 2.75) is 31.9 Å². The largest absolute Gasteiger partial charge is 0.491 e. The van der Waals surface area contributed by atoms with Gasteiger partial charge in [-0.05, 0) is 72.9 Å². The van der Waals surface area contributed by atoms with E-state index in [4.69, 9.17) is 4.74 Å². The Labute approximate surface area is 214 Å². The minimum absolute atomic E-state index is 0.0580. The molecule has 7 nitrogen and oxygen atoms in total. The highest BCUT2D eigenvalue weighted by molar-refractivity contribution is 5.82. The van der Waals surface area contributed by atoms with Gasteiger partial charge in [0.25, 0.3) is 0 Å². The Balaban J connectivity index is 1.18. The van der Waals surface area contributed by atoms with Crippen molar-refractivity contribution in [1.82, 2.24) is 19.8 Å². The number of aromatic amines is 1. The number of carbonyl (C=O) groups excluding carboxylic acids is 1. The number of nitrogens with one attached hydrogen (secondary N) is 1. The number of hydrogen-bond acceptors (Lipinski definition) is 4. The number of aryl methyl sites for hydroxylation is 1. The molecule has 3 aromatic carbocycles. The topological polar surface area (TPSA) is 81.7 Å². The SMILES string of the molecule is Cc1nc2ccc(-c3ccc4c(c3)CN(C(=O)N3CCC(O)(c5ccc(F)cc5)CC3)CCO4)cc2[nH]1. The van der Waals surface area contributed by atoms with Crippen molar-refractivity contribution in [3.8, 4) is 16.9 Å². The second kappa shape index (κ2) is 9.19. The first-order valence-corrected chi connectivity index (χ1v) is 12.6. The van der Waals surface area contributed by atoms with Crippen LogP contribution >= 0.6 is 0 Å². The van der Waals surface area contributed by atoms with E-state index in [2.05, 4.69) is 28.2 Å². The van der Waals surface area contributed by atoms with Crippen LogP contribution in [0.5, 0.6) is 5.75 Å². The molecule has 2 aliphatic rings. The molecule has 4 aromatic rings. The van der Waals surface area contributed by atoms with E-state index >= 15 is 0 Å². The predicted octanol–water partition coefficient (Wildman–Crippen LogP) is 4.98. The summed E-state index contributed by atoms with van der Waals surface area (Å²) >= 11 is 0.